The highest BCUT2D eigenvalue weighted by molar-refractivity contribution is 5.72. The van der Waals surface area contributed by atoms with E-state index in [4.69, 9.17) is 18.9 Å². The molecule has 11 heteroatoms. The second-order valence-corrected chi connectivity index (χ2v) is 6.86. The minimum absolute atomic E-state index is 0.00579. The van der Waals surface area contributed by atoms with Gasteiger partial charge in [-0.2, -0.15) is 0 Å². The first-order valence-electron chi connectivity index (χ1n) is 8.80. The van der Waals surface area contributed by atoms with Crippen molar-refractivity contribution in [2.45, 2.75) is 33.0 Å². The Balaban J connectivity index is 2.47. The fourth-order valence-electron chi connectivity index (χ4n) is 2.21. The molecule has 162 valence electrons. The van der Waals surface area contributed by atoms with Crippen molar-refractivity contribution in [1.82, 2.24) is 10.6 Å². The summed E-state index contributed by atoms with van der Waals surface area (Å²) >= 11 is 0. The Kier molecular flexibility index (Phi) is 9.13. The van der Waals surface area contributed by atoms with Crippen molar-refractivity contribution in [3.05, 3.63) is 27.8 Å². The van der Waals surface area contributed by atoms with Gasteiger partial charge in [0.2, 0.25) is 0 Å². The number of amides is 1. The van der Waals surface area contributed by atoms with Gasteiger partial charge in [0, 0.05) is 13.1 Å². The van der Waals surface area contributed by atoms with Crippen molar-refractivity contribution in [1.29, 1.82) is 0 Å². The number of methoxy groups -OCH3 is 2. The molecule has 0 fully saturated rings. The lowest BCUT2D eigenvalue weighted by molar-refractivity contribution is -0.385. The monoisotopic (exact) mass is 413 g/mol. The van der Waals surface area contributed by atoms with Gasteiger partial charge in [0.15, 0.2) is 11.5 Å². The lowest BCUT2D eigenvalue weighted by atomic mass is 10.1. The zero-order valence-corrected chi connectivity index (χ0v) is 17.2. The van der Waals surface area contributed by atoms with Gasteiger partial charge in [-0.15, -0.1) is 0 Å². The summed E-state index contributed by atoms with van der Waals surface area (Å²) in [5.41, 5.74) is -0.659. The van der Waals surface area contributed by atoms with E-state index in [1.54, 1.807) is 20.8 Å². The molecule has 0 radical (unpaired) electrons. The lowest BCUT2D eigenvalue weighted by Crippen LogP contribution is -2.36. The fraction of sp³-hybridized carbons (Fsp3) is 0.556. The summed E-state index contributed by atoms with van der Waals surface area (Å²) in [5.74, 6) is 0.0766. The molecule has 0 spiro atoms. The van der Waals surface area contributed by atoms with Crippen LogP contribution in [0.1, 0.15) is 26.3 Å². The van der Waals surface area contributed by atoms with Gasteiger partial charge < -0.3 is 29.6 Å². The van der Waals surface area contributed by atoms with E-state index in [1.165, 1.54) is 26.4 Å². The molecule has 0 aliphatic heterocycles. The average molecular weight is 413 g/mol. The van der Waals surface area contributed by atoms with E-state index >= 15 is 0 Å². The molecule has 0 saturated heterocycles. The summed E-state index contributed by atoms with van der Waals surface area (Å²) in [4.78, 5) is 33.9. The first kappa shape index (κ1) is 24.0. The van der Waals surface area contributed by atoms with Gasteiger partial charge in [-0.3, -0.25) is 14.9 Å². The van der Waals surface area contributed by atoms with E-state index in [0.717, 1.165) is 0 Å². The molecule has 0 bridgehead atoms. The maximum absolute atomic E-state index is 11.8. The molecule has 1 aromatic carbocycles. The van der Waals surface area contributed by atoms with Crippen LogP contribution in [0.15, 0.2) is 12.1 Å². The highest BCUT2D eigenvalue weighted by Crippen LogP contribution is 2.34. The number of hydrogen-bond acceptors (Lipinski definition) is 9. The van der Waals surface area contributed by atoms with E-state index in [1.807, 2.05) is 0 Å². The number of rotatable bonds is 10. The molecular formula is C18H27N3O8. The molecule has 2 N–H and O–H groups in total. The third-order valence-corrected chi connectivity index (χ3v) is 3.40. The maximum Gasteiger partial charge on any atom is 0.407 e. The number of hydrogen-bond donors (Lipinski definition) is 2. The molecule has 11 nitrogen and oxygen atoms in total. The molecule has 0 atom stereocenters. The molecule has 1 aromatic rings. The standard InChI is InChI=1S/C18H27N3O8/c1-18(2,3)29-16(22)10-19-6-7-20-17(23)28-11-12-8-14(26-4)15(27-5)9-13(12)21(24)25/h8-9,19H,6-7,10-11H2,1-5H3,(H,20,23). The predicted octanol–water partition coefficient (Wildman–Crippen LogP) is 1.77. The molecule has 0 aliphatic rings. The van der Waals surface area contributed by atoms with E-state index in [9.17, 15) is 19.7 Å². The normalized spacial score (nSPS) is 10.8. The quantitative estimate of drug-likeness (QED) is 0.254. The van der Waals surface area contributed by atoms with Crippen LogP contribution in [0.4, 0.5) is 10.5 Å². The number of nitro groups is 1. The van der Waals surface area contributed by atoms with Crippen molar-refractivity contribution in [3.8, 4) is 11.5 Å². The molecular weight excluding hydrogens is 386 g/mol. The number of nitrogens with zero attached hydrogens (tertiary/aromatic N) is 1. The number of carbonyl (C=O) groups excluding carboxylic acids is 2. The van der Waals surface area contributed by atoms with E-state index in [0.29, 0.717) is 6.54 Å². The molecule has 29 heavy (non-hydrogen) atoms. The topological polar surface area (TPSA) is 138 Å². The van der Waals surface area contributed by atoms with Crippen LogP contribution in [-0.2, 0) is 20.9 Å². The van der Waals surface area contributed by atoms with Crippen molar-refractivity contribution in [3.63, 3.8) is 0 Å². The molecule has 0 heterocycles. The summed E-state index contributed by atoms with van der Waals surface area (Å²) in [6.45, 7) is 5.49. The molecule has 0 unspecified atom stereocenters. The number of carbonyl (C=O) groups is 2. The van der Waals surface area contributed by atoms with Gasteiger partial charge in [-0.05, 0) is 26.8 Å². The van der Waals surface area contributed by atoms with Crippen LogP contribution in [0.25, 0.3) is 0 Å². The first-order chi connectivity index (χ1) is 13.6. The van der Waals surface area contributed by atoms with Crippen LogP contribution in [-0.4, -0.2) is 56.4 Å². The van der Waals surface area contributed by atoms with Crippen LogP contribution in [0, 0.1) is 10.1 Å². The minimum Gasteiger partial charge on any atom is -0.493 e. The molecule has 0 aromatic heterocycles. The Hall–Kier alpha value is -3.08. The number of nitro benzene ring substituents is 1. The van der Waals surface area contributed by atoms with Crippen molar-refractivity contribution >= 4 is 17.7 Å². The predicted molar refractivity (Wildman–Crippen MR) is 103 cm³/mol. The Morgan fingerprint density at radius 3 is 2.28 bits per heavy atom. The third-order valence-electron chi connectivity index (χ3n) is 3.40. The van der Waals surface area contributed by atoms with Gasteiger partial charge in [0.05, 0.1) is 37.3 Å². The largest absolute Gasteiger partial charge is 0.493 e. The van der Waals surface area contributed by atoms with Crippen molar-refractivity contribution in [2.24, 2.45) is 0 Å². The average Bonchev–Trinajstić information content (AvgIpc) is 2.63. The van der Waals surface area contributed by atoms with Gasteiger partial charge in [0.1, 0.15) is 12.2 Å². The Bertz CT molecular complexity index is 731. The summed E-state index contributed by atoms with van der Waals surface area (Å²) in [5, 5.41) is 16.5. The lowest BCUT2D eigenvalue weighted by Gasteiger charge is -2.19. The third kappa shape index (κ3) is 8.64. The number of esters is 1. The van der Waals surface area contributed by atoms with Crippen LogP contribution in [0.2, 0.25) is 0 Å². The number of alkyl carbamates (subject to hydrolysis) is 1. The molecule has 1 rings (SSSR count). The van der Waals surface area contributed by atoms with Crippen LogP contribution >= 0.6 is 0 Å². The van der Waals surface area contributed by atoms with E-state index in [2.05, 4.69) is 10.6 Å². The van der Waals surface area contributed by atoms with E-state index in [-0.39, 0.29) is 42.4 Å². The van der Waals surface area contributed by atoms with Gasteiger partial charge >= 0.3 is 12.1 Å². The SMILES string of the molecule is COc1cc(COC(=O)NCCNCC(=O)OC(C)(C)C)c([N+](=O)[O-])cc1OC. The Morgan fingerprint density at radius 2 is 1.72 bits per heavy atom. The van der Waals surface area contributed by atoms with Crippen molar-refractivity contribution in [2.75, 3.05) is 33.9 Å². The van der Waals surface area contributed by atoms with Crippen LogP contribution in [0.5, 0.6) is 11.5 Å². The number of ether oxygens (including phenoxy) is 4. The Labute approximate surface area is 168 Å². The van der Waals surface area contributed by atoms with Gasteiger partial charge in [0.25, 0.3) is 5.69 Å². The maximum atomic E-state index is 11.8. The van der Waals surface area contributed by atoms with E-state index < -0.39 is 22.6 Å². The summed E-state index contributed by atoms with van der Waals surface area (Å²) in [7, 11) is 2.76. The zero-order chi connectivity index (χ0) is 22.0. The second-order valence-electron chi connectivity index (χ2n) is 6.86. The fourth-order valence-corrected chi connectivity index (χ4v) is 2.21. The highest BCUT2D eigenvalue weighted by Gasteiger charge is 2.20. The summed E-state index contributed by atoms with van der Waals surface area (Å²) < 4.78 is 20.3. The molecule has 1 amide bonds. The molecule has 0 saturated carbocycles. The van der Waals surface area contributed by atoms with Crippen LogP contribution in [0.3, 0.4) is 0 Å². The number of benzene rings is 1. The van der Waals surface area contributed by atoms with Crippen LogP contribution < -0.4 is 20.1 Å². The zero-order valence-electron chi connectivity index (χ0n) is 17.2. The second kappa shape index (κ2) is 11.1. The molecule has 0 aliphatic carbocycles. The summed E-state index contributed by atoms with van der Waals surface area (Å²) in [6, 6.07) is 2.59. The summed E-state index contributed by atoms with van der Waals surface area (Å²) in [6.07, 6.45) is -0.756. The number of nitrogens with one attached hydrogen (secondary N) is 2. The smallest absolute Gasteiger partial charge is 0.407 e. The first-order valence-corrected chi connectivity index (χ1v) is 8.80. The Morgan fingerprint density at radius 1 is 1.10 bits per heavy atom. The highest BCUT2D eigenvalue weighted by atomic mass is 16.6. The van der Waals surface area contributed by atoms with Gasteiger partial charge in [-0.1, -0.05) is 0 Å². The van der Waals surface area contributed by atoms with Crippen molar-refractivity contribution < 1.29 is 33.5 Å². The van der Waals surface area contributed by atoms with Gasteiger partial charge in [-0.25, -0.2) is 4.79 Å². The minimum atomic E-state index is -0.756.